The minimum Gasteiger partial charge on any atom is -0.385 e. The highest BCUT2D eigenvalue weighted by Gasteiger charge is 2.63. The van der Waals surface area contributed by atoms with Crippen LogP contribution in [0.5, 0.6) is 0 Å². The van der Waals surface area contributed by atoms with E-state index in [4.69, 9.17) is 0 Å². The molecule has 4 rings (SSSR count). The predicted octanol–water partition coefficient (Wildman–Crippen LogP) is 5.83. The lowest BCUT2D eigenvalue weighted by Gasteiger charge is -2.60. The summed E-state index contributed by atoms with van der Waals surface area (Å²) in [6, 6.07) is 0. The van der Waals surface area contributed by atoms with Gasteiger partial charge in [-0.3, -0.25) is 9.59 Å². The molecule has 0 aromatic rings. The summed E-state index contributed by atoms with van der Waals surface area (Å²) >= 11 is 0. The fourth-order valence-corrected chi connectivity index (χ4v) is 8.92. The maximum absolute atomic E-state index is 13.2. The topological polar surface area (TPSA) is 54.4 Å². The first-order valence-corrected chi connectivity index (χ1v) is 12.8. The Bertz CT molecular complexity index is 684. The quantitative estimate of drug-likeness (QED) is 0.614. The first-order chi connectivity index (χ1) is 14.1. The van der Waals surface area contributed by atoms with Crippen molar-refractivity contribution < 1.29 is 14.7 Å². The van der Waals surface area contributed by atoms with Crippen molar-refractivity contribution in [3.63, 3.8) is 0 Å². The first kappa shape index (κ1) is 22.5. The van der Waals surface area contributed by atoms with Crippen molar-refractivity contribution in [1.29, 1.82) is 0 Å². The third-order valence-corrected chi connectivity index (χ3v) is 10.5. The zero-order valence-electron chi connectivity index (χ0n) is 20.0. The van der Waals surface area contributed by atoms with Crippen LogP contribution in [0.15, 0.2) is 0 Å². The summed E-state index contributed by atoms with van der Waals surface area (Å²) in [7, 11) is 0. The summed E-state index contributed by atoms with van der Waals surface area (Å²) in [4.78, 5) is 25.4. The largest absolute Gasteiger partial charge is 0.385 e. The third kappa shape index (κ3) is 3.51. The second-order valence-electron chi connectivity index (χ2n) is 12.5. The molecule has 0 radical (unpaired) electrons. The maximum atomic E-state index is 13.2. The molecule has 0 aromatic carbocycles. The highest BCUT2D eigenvalue weighted by atomic mass is 16.3. The number of fused-ring (bicyclic) bond motifs is 5. The van der Waals surface area contributed by atoms with E-state index in [1.54, 1.807) is 0 Å². The number of aliphatic hydroxyl groups excluding tert-OH is 1. The Balaban J connectivity index is 1.53. The molecular weight excluding hydrogens is 372 g/mol. The average Bonchev–Trinajstić information content (AvgIpc) is 3.01. The molecule has 4 fully saturated rings. The monoisotopic (exact) mass is 416 g/mol. The summed E-state index contributed by atoms with van der Waals surface area (Å²) in [5.74, 6) is 4.01. The molecule has 0 aromatic heterocycles. The number of carbonyl (C=O) groups excluding carboxylic acids is 2. The van der Waals surface area contributed by atoms with E-state index >= 15 is 0 Å². The number of carbonyl (C=O) groups is 2. The van der Waals surface area contributed by atoms with Crippen molar-refractivity contribution in [2.45, 2.75) is 105 Å². The number of Topliss-reactive ketones (excluding diaryl/α,β-unsaturated/α-hetero) is 2. The third-order valence-electron chi connectivity index (χ3n) is 10.5. The zero-order chi connectivity index (χ0) is 21.8. The number of hydrogen-bond donors (Lipinski definition) is 1. The van der Waals surface area contributed by atoms with Crippen molar-refractivity contribution in [3.8, 4) is 0 Å². The van der Waals surface area contributed by atoms with Gasteiger partial charge in [0.05, 0.1) is 0 Å². The molecule has 4 saturated carbocycles. The summed E-state index contributed by atoms with van der Waals surface area (Å²) in [6.45, 7) is 11.9. The molecule has 9 atom stereocenters. The van der Waals surface area contributed by atoms with Gasteiger partial charge in [-0.1, -0.05) is 53.9 Å². The van der Waals surface area contributed by atoms with Crippen LogP contribution < -0.4 is 0 Å². The molecule has 2 unspecified atom stereocenters. The average molecular weight is 417 g/mol. The number of ketones is 2. The molecular formula is C27H44O3. The van der Waals surface area contributed by atoms with Crippen molar-refractivity contribution in [3.05, 3.63) is 0 Å². The van der Waals surface area contributed by atoms with Gasteiger partial charge in [0.1, 0.15) is 11.9 Å². The molecule has 0 bridgehead atoms. The Morgan fingerprint density at radius 3 is 2.33 bits per heavy atom. The van der Waals surface area contributed by atoms with Gasteiger partial charge in [0, 0.05) is 18.8 Å². The molecule has 1 N–H and O–H groups in total. The van der Waals surface area contributed by atoms with Crippen molar-refractivity contribution in [2.75, 3.05) is 0 Å². The molecule has 0 heterocycles. The summed E-state index contributed by atoms with van der Waals surface area (Å²) < 4.78 is 0. The summed E-state index contributed by atoms with van der Waals surface area (Å²) in [6.07, 6.45) is 9.64. The van der Waals surface area contributed by atoms with E-state index < -0.39 is 6.10 Å². The number of rotatable bonds is 5. The Labute approximate surface area is 183 Å². The van der Waals surface area contributed by atoms with Gasteiger partial charge in [-0.25, -0.2) is 0 Å². The SMILES string of the molecule is CC(C)CCC[C@@H](C)[C@H]1CC[C@H]2[C@@H]3CC(=O)C4CC(=O)C(O)C[C@]4(C)[C@H]3CC[C@]12C. The highest BCUT2D eigenvalue weighted by Crippen LogP contribution is 2.67. The van der Waals surface area contributed by atoms with Crippen LogP contribution in [0, 0.1) is 52.3 Å². The molecule has 4 aliphatic rings. The van der Waals surface area contributed by atoms with Crippen LogP contribution in [0.2, 0.25) is 0 Å². The Hall–Kier alpha value is -0.700. The van der Waals surface area contributed by atoms with Crippen LogP contribution in [0.3, 0.4) is 0 Å². The van der Waals surface area contributed by atoms with E-state index in [1.807, 2.05) is 0 Å². The second kappa shape index (κ2) is 8.01. The minimum atomic E-state index is -0.858. The van der Waals surface area contributed by atoms with Gasteiger partial charge >= 0.3 is 0 Å². The van der Waals surface area contributed by atoms with Gasteiger partial charge in [-0.2, -0.15) is 0 Å². The molecule has 3 nitrogen and oxygen atoms in total. The lowest BCUT2D eigenvalue weighted by Crippen LogP contribution is -2.59. The van der Waals surface area contributed by atoms with E-state index in [2.05, 4.69) is 34.6 Å². The van der Waals surface area contributed by atoms with Crippen LogP contribution in [0.1, 0.15) is 98.8 Å². The number of aliphatic hydroxyl groups is 1. The molecule has 30 heavy (non-hydrogen) atoms. The van der Waals surface area contributed by atoms with Crippen molar-refractivity contribution >= 4 is 11.6 Å². The Morgan fingerprint density at radius 1 is 0.933 bits per heavy atom. The zero-order valence-corrected chi connectivity index (χ0v) is 20.0. The van der Waals surface area contributed by atoms with Gasteiger partial charge < -0.3 is 5.11 Å². The van der Waals surface area contributed by atoms with Gasteiger partial charge in [0.15, 0.2) is 5.78 Å². The Morgan fingerprint density at radius 2 is 1.63 bits per heavy atom. The second-order valence-corrected chi connectivity index (χ2v) is 12.5. The van der Waals surface area contributed by atoms with Crippen LogP contribution >= 0.6 is 0 Å². The van der Waals surface area contributed by atoms with E-state index in [0.717, 1.165) is 17.8 Å². The van der Waals surface area contributed by atoms with Gasteiger partial charge in [0.25, 0.3) is 0 Å². The van der Waals surface area contributed by atoms with Crippen LogP contribution in [-0.4, -0.2) is 22.8 Å². The van der Waals surface area contributed by atoms with Crippen LogP contribution in [-0.2, 0) is 9.59 Å². The normalized spacial score (nSPS) is 47.0. The lowest BCUT2D eigenvalue weighted by atomic mass is 9.44. The number of hydrogen-bond acceptors (Lipinski definition) is 3. The van der Waals surface area contributed by atoms with Crippen LogP contribution in [0.4, 0.5) is 0 Å². The molecule has 0 aliphatic heterocycles. The molecule has 3 heteroatoms. The summed E-state index contributed by atoms with van der Waals surface area (Å²) in [5, 5.41) is 10.4. The van der Waals surface area contributed by atoms with E-state index in [1.165, 1.54) is 44.9 Å². The molecule has 0 saturated heterocycles. The summed E-state index contributed by atoms with van der Waals surface area (Å²) in [5.41, 5.74) is 0.181. The highest BCUT2D eigenvalue weighted by molar-refractivity contribution is 5.92. The fraction of sp³-hybridized carbons (Fsp3) is 0.926. The van der Waals surface area contributed by atoms with E-state index in [9.17, 15) is 14.7 Å². The van der Waals surface area contributed by atoms with Crippen molar-refractivity contribution in [2.24, 2.45) is 52.3 Å². The van der Waals surface area contributed by atoms with E-state index in [-0.39, 0.29) is 23.5 Å². The fourth-order valence-electron chi connectivity index (χ4n) is 8.92. The smallest absolute Gasteiger partial charge is 0.162 e. The maximum Gasteiger partial charge on any atom is 0.162 e. The van der Waals surface area contributed by atoms with Crippen molar-refractivity contribution in [1.82, 2.24) is 0 Å². The van der Waals surface area contributed by atoms with Gasteiger partial charge in [-0.05, 0) is 78.4 Å². The molecule has 4 aliphatic carbocycles. The standard InChI is InChI=1S/C27H44O3/c1-16(2)7-6-8-17(3)19-9-10-20-18-13-23(28)22-14-24(29)25(30)15-27(22,5)21(18)11-12-26(19,20)4/h16-22,25,30H,6-15H2,1-5H3/t17-,18+,19-,20+,21+,22?,25?,26-,27-/m1/s1. The molecule has 0 spiro atoms. The molecule has 0 amide bonds. The van der Waals surface area contributed by atoms with Gasteiger partial charge in [0.2, 0.25) is 0 Å². The Kier molecular flexibility index (Phi) is 6.01. The first-order valence-electron chi connectivity index (χ1n) is 12.8. The van der Waals surface area contributed by atoms with Crippen LogP contribution in [0.25, 0.3) is 0 Å². The van der Waals surface area contributed by atoms with Gasteiger partial charge in [-0.15, -0.1) is 0 Å². The predicted molar refractivity (Wildman–Crippen MR) is 120 cm³/mol. The lowest BCUT2D eigenvalue weighted by molar-refractivity contribution is -0.167. The minimum absolute atomic E-state index is 0.110. The molecule has 170 valence electrons. The van der Waals surface area contributed by atoms with E-state index in [0.29, 0.717) is 41.8 Å².